The number of pyridine rings is 1. The Morgan fingerprint density at radius 2 is 1.70 bits per heavy atom. The predicted molar refractivity (Wildman–Crippen MR) is 143 cm³/mol. The maximum atomic E-state index is 13.0. The number of piperidine rings is 2. The van der Waals surface area contributed by atoms with E-state index in [0.717, 1.165) is 69.8 Å². The Morgan fingerprint density at radius 3 is 2.41 bits per heavy atom. The molecule has 0 atom stereocenters. The van der Waals surface area contributed by atoms with Crippen molar-refractivity contribution in [2.24, 2.45) is 0 Å². The first-order valence-electron chi connectivity index (χ1n) is 13.1. The summed E-state index contributed by atoms with van der Waals surface area (Å²) in [6, 6.07) is 21.8. The van der Waals surface area contributed by atoms with Crippen molar-refractivity contribution >= 4 is 11.6 Å². The van der Waals surface area contributed by atoms with E-state index >= 15 is 0 Å². The third-order valence-electron chi connectivity index (χ3n) is 7.28. The van der Waals surface area contributed by atoms with Gasteiger partial charge in [-0.1, -0.05) is 6.07 Å². The predicted octanol–water partition coefficient (Wildman–Crippen LogP) is 4.40. The zero-order valence-electron chi connectivity index (χ0n) is 21.1. The van der Waals surface area contributed by atoms with Crippen LogP contribution in [0, 0.1) is 11.3 Å². The van der Waals surface area contributed by atoms with E-state index in [1.165, 1.54) is 5.56 Å². The number of nitrogens with zero attached hydrogens (tertiary/aromatic N) is 4. The summed E-state index contributed by atoms with van der Waals surface area (Å²) in [6.07, 6.45) is 7.51. The number of nitrogens with one attached hydrogen (secondary N) is 1. The first-order chi connectivity index (χ1) is 18.2. The Kier molecular flexibility index (Phi) is 7.97. The minimum absolute atomic E-state index is 0.0336. The van der Waals surface area contributed by atoms with Gasteiger partial charge in [0.15, 0.2) is 0 Å². The van der Waals surface area contributed by atoms with Crippen molar-refractivity contribution in [2.75, 3.05) is 31.1 Å². The monoisotopic (exact) mass is 495 g/mol. The molecule has 2 saturated heterocycles. The lowest BCUT2D eigenvalue weighted by molar-refractivity contribution is 0.0907. The molecular weight excluding hydrogens is 462 g/mol. The summed E-state index contributed by atoms with van der Waals surface area (Å²) < 4.78 is 6.27. The first-order valence-corrected chi connectivity index (χ1v) is 13.1. The van der Waals surface area contributed by atoms with E-state index in [1.807, 2.05) is 60.9 Å². The number of ether oxygens (including phenoxy) is 1. The Balaban J connectivity index is 1.08. The van der Waals surface area contributed by atoms with Gasteiger partial charge in [0.2, 0.25) is 0 Å². The van der Waals surface area contributed by atoms with Crippen LogP contribution in [0.1, 0.15) is 47.2 Å². The number of nitriles is 1. The van der Waals surface area contributed by atoms with E-state index in [4.69, 9.17) is 10.00 Å². The molecule has 3 aromatic rings. The zero-order valence-corrected chi connectivity index (χ0v) is 21.1. The van der Waals surface area contributed by atoms with Gasteiger partial charge in [0, 0.05) is 75.3 Å². The van der Waals surface area contributed by atoms with Crippen LogP contribution < -0.4 is 15.0 Å². The summed E-state index contributed by atoms with van der Waals surface area (Å²) in [5, 5.41) is 12.2. The molecule has 0 bridgehead atoms. The molecule has 2 aromatic carbocycles. The van der Waals surface area contributed by atoms with Crippen LogP contribution in [0.3, 0.4) is 0 Å². The number of amides is 1. The number of aromatic nitrogens is 1. The number of likely N-dealkylation sites (tertiary alicyclic amines) is 1. The van der Waals surface area contributed by atoms with Gasteiger partial charge in [-0.2, -0.15) is 5.26 Å². The second-order valence-corrected chi connectivity index (χ2v) is 9.87. The largest absolute Gasteiger partial charge is 0.490 e. The van der Waals surface area contributed by atoms with Gasteiger partial charge >= 0.3 is 0 Å². The topological polar surface area (TPSA) is 81.5 Å². The molecule has 7 nitrogen and oxygen atoms in total. The van der Waals surface area contributed by atoms with Gasteiger partial charge in [-0.3, -0.25) is 14.7 Å². The fourth-order valence-corrected chi connectivity index (χ4v) is 5.13. The summed E-state index contributed by atoms with van der Waals surface area (Å²) in [5.41, 5.74) is 3.73. The molecule has 0 spiro atoms. The van der Waals surface area contributed by atoms with Crippen LogP contribution in [0.2, 0.25) is 0 Å². The third-order valence-corrected chi connectivity index (χ3v) is 7.28. The summed E-state index contributed by atoms with van der Waals surface area (Å²) in [4.78, 5) is 21.8. The van der Waals surface area contributed by atoms with Crippen LogP contribution in [-0.2, 0) is 6.54 Å². The van der Waals surface area contributed by atoms with E-state index in [0.29, 0.717) is 11.1 Å². The lowest BCUT2D eigenvalue weighted by atomic mass is 10.0. The van der Waals surface area contributed by atoms with Crippen molar-refractivity contribution in [1.29, 1.82) is 5.26 Å². The maximum Gasteiger partial charge on any atom is 0.251 e. The van der Waals surface area contributed by atoms with Crippen LogP contribution >= 0.6 is 0 Å². The molecule has 5 rings (SSSR count). The normalized spacial score (nSPS) is 17.2. The van der Waals surface area contributed by atoms with Crippen LogP contribution in [0.4, 0.5) is 5.69 Å². The summed E-state index contributed by atoms with van der Waals surface area (Å²) in [7, 11) is 0. The molecule has 7 heteroatoms. The number of hydrogen-bond acceptors (Lipinski definition) is 6. The van der Waals surface area contributed by atoms with E-state index < -0.39 is 0 Å². The van der Waals surface area contributed by atoms with Crippen molar-refractivity contribution in [3.8, 4) is 11.8 Å². The molecule has 2 aliphatic heterocycles. The van der Waals surface area contributed by atoms with Crippen molar-refractivity contribution in [3.05, 3.63) is 89.7 Å². The van der Waals surface area contributed by atoms with Crippen LogP contribution in [-0.4, -0.2) is 54.1 Å². The molecule has 37 heavy (non-hydrogen) atoms. The molecule has 1 aromatic heterocycles. The number of hydrogen-bond donors (Lipinski definition) is 1. The highest BCUT2D eigenvalue weighted by Crippen LogP contribution is 2.24. The molecule has 1 N–H and O–H groups in total. The molecule has 2 fully saturated rings. The van der Waals surface area contributed by atoms with Gasteiger partial charge in [-0.15, -0.1) is 0 Å². The quantitative estimate of drug-likeness (QED) is 0.523. The number of benzene rings is 2. The van der Waals surface area contributed by atoms with Gasteiger partial charge in [0.05, 0.1) is 11.6 Å². The van der Waals surface area contributed by atoms with Crippen LogP contribution in [0.15, 0.2) is 73.1 Å². The molecule has 3 heterocycles. The Labute approximate surface area is 218 Å². The smallest absolute Gasteiger partial charge is 0.251 e. The van der Waals surface area contributed by atoms with E-state index in [-0.39, 0.29) is 18.1 Å². The fourth-order valence-electron chi connectivity index (χ4n) is 5.13. The number of anilines is 1. The minimum atomic E-state index is -0.0336. The fraction of sp³-hybridized carbons (Fsp3) is 0.367. The van der Waals surface area contributed by atoms with Crippen molar-refractivity contribution in [3.63, 3.8) is 0 Å². The molecule has 0 aliphatic carbocycles. The highest BCUT2D eigenvalue weighted by molar-refractivity contribution is 5.94. The van der Waals surface area contributed by atoms with E-state index in [9.17, 15) is 4.79 Å². The molecule has 190 valence electrons. The number of carbonyl (C=O) groups excluding carboxylic acids is 1. The summed E-state index contributed by atoms with van der Waals surface area (Å²) in [5.74, 6) is 0.713. The van der Waals surface area contributed by atoms with Gasteiger partial charge in [-0.25, -0.2) is 0 Å². The molecule has 2 aliphatic rings. The lowest BCUT2D eigenvalue weighted by Gasteiger charge is -2.34. The Morgan fingerprint density at radius 1 is 0.973 bits per heavy atom. The van der Waals surface area contributed by atoms with Gasteiger partial charge < -0.3 is 15.0 Å². The van der Waals surface area contributed by atoms with Crippen molar-refractivity contribution in [2.45, 2.75) is 44.4 Å². The van der Waals surface area contributed by atoms with Crippen molar-refractivity contribution in [1.82, 2.24) is 15.2 Å². The first kappa shape index (κ1) is 24.8. The Bertz CT molecular complexity index is 1210. The second-order valence-electron chi connectivity index (χ2n) is 9.87. The standard InChI is InChI=1S/C30H33N5O2/c31-21-23-4-6-27(7-5-23)35-18-12-28(13-19-35)37-29-3-1-2-25(20-29)30(36)33-26-10-16-34(17-11-26)22-24-8-14-32-15-9-24/h1-9,14-15,20,26,28H,10-13,16-19,22H2,(H,33,36). The molecule has 0 unspecified atom stereocenters. The SMILES string of the molecule is N#Cc1ccc(N2CCC(Oc3cccc(C(=O)NC4CCN(Cc5ccncc5)CC4)c3)CC2)cc1. The molecular formula is C30H33N5O2. The minimum Gasteiger partial charge on any atom is -0.490 e. The van der Waals surface area contributed by atoms with Crippen LogP contribution in [0.25, 0.3) is 0 Å². The average Bonchev–Trinajstić information content (AvgIpc) is 2.95. The van der Waals surface area contributed by atoms with Crippen molar-refractivity contribution < 1.29 is 9.53 Å². The van der Waals surface area contributed by atoms with Gasteiger partial charge in [0.25, 0.3) is 5.91 Å². The number of carbonyl (C=O) groups is 1. The van der Waals surface area contributed by atoms with E-state index in [1.54, 1.807) is 0 Å². The summed E-state index contributed by atoms with van der Waals surface area (Å²) >= 11 is 0. The van der Waals surface area contributed by atoms with Gasteiger partial charge in [-0.05, 0) is 73.0 Å². The van der Waals surface area contributed by atoms with Crippen LogP contribution in [0.5, 0.6) is 5.75 Å². The second kappa shape index (κ2) is 11.9. The molecule has 1 amide bonds. The molecule has 0 radical (unpaired) electrons. The average molecular weight is 496 g/mol. The van der Waals surface area contributed by atoms with Gasteiger partial charge in [0.1, 0.15) is 11.9 Å². The van der Waals surface area contributed by atoms with E-state index in [2.05, 4.69) is 38.3 Å². The highest BCUT2D eigenvalue weighted by atomic mass is 16.5. The lowest BCUT2D eigenvalue weighted by Crippen LogP contribution is -2.44. The third kappa shape index (κ3) is 6.66. The number of rotatable bonds is 7. The highest BCUT2D eigenvalue weighted by Gasteiger charge is 2.23. The zero-order chi connectivity index (χ0) is 25.5. The molecule has 0 saturated carbocycles. The maximum absolute atomic E-state index is 13.0. The summed E-state index contributed by atoms with van der Waals surface area (Å²) in [6.45, 7) is 4.66. The Hall–Kier alpha value is -3.89.